The van der Waals surface area contributed by atoms with Gasteiger partial charge in [-0.25, -0.2) is 0 Å². The minimum atomic E-state index is 0.186. The zero-order chi connectivity index (χ0) is 10.4. The summed E-state index contributed by atoms with van der Waals surface area (Å²) in [7, 11) is 0.375. The Labute approximate surface area is 86.9 Å². The lowest BCUT2D eigenvalue weighted by molar-refractivity contribution is 0.108. The second-order valence-corrected chi connectivity index (χ2v) is 4.96. The van der Waals surface area contributed by atoms with Gasteiger partial charge in [0.1, 0.15) is 5.69 Å². The lowest BCUT2D eigenvalue weighted by atomic mass is 10.2. The standard InChI is InChI=1S/C11H16NOP/c1-9(2)6-8-14-11(13)10-5-3-4-7-12-10/h3-5,7,9,14H,6,8H2,1-2H3. The van der Waals surface area contributed by atoms with Crippen LogP contribution in [0.15, 0.2) is 24.4 Å². The monoisotopic (exact) mass is 209 g/mol. The van der Waals surface area contributed by atoms with E-state index in [1.165, 1.54) is 0 Å². The molecular formula is C11H16NOP. The summed E-state index contributed by atoms with van der Waals surface area (Å²) in [5.74, 6) is 0.680. The van der Waals surface area contributed by atoms with Gasteiger partial charge in [-0.1, -0.05) is 19.9 Å². The van der Waals surface area contributed by atoms with E-state index in [4.69, 9.17) is 0 Å². The van der Waals surface area contributed by atoms with Crippen LogP contribution < -0.4 is 0 Å². The van der Waals surface area contributed by atoms with E-state index < -0.39 is 0 Å². The number of carbonyl (C=O) groups excluding carboxylic acids is 1. The molecule has 0 aliphatic heterocycles. The van der Waals surface area contributed by atoms with Gasteiger partial charge in [0.05, 0.1) is 0 Å². The quantitative estimate of drug-likeness (QED) is 0.698. The molecule has 1 rings (SSSR count). The molecule has 1 atom stereocenters. The Hall–Kier alpha value is -0.750. The Kier molecular flexibility index (Phi) is 4.75. The fraction of sp³-hybridized carbons (Fsp3) is 0.455. The van der Waals surface area contributed by atoms with Crippen molar-refractivity contribution in [1.29, 1.82) is 0 Å². The van der Waals surface area contributed by atoms with Crippen LogP contribution in [0.1, 0.15) is 30.8 Å². The molecule has 0 saturated carbocycles. The highest BCUT2D eigenvalue weighted by Gasteiger charge is 2.05. The zero-order valence-electron chi connectivity index (χ0n) is 8.66. The van der Waals surface area contributed by atoms with Crippen molar-refractivity contribution in [3.8, 4) is 0 Å². The SMILES string of the molecule is CC(C)CCPC(=O)c1ccccn1. The maximum atomic E-state index is 11.6. The maximum absolute atomic E-state index is 11.6. The third-order valence-electron chi connectivity index (χ3n) is 1.90. The van der Waals surface area contributed by atoms with Crippen molar-refractivity contribution in [2.24, 2.45) is 5.92 Å². The molecule has 0 N–H and O–H groups in total. The number of hydrogen-bond acceptors (Lipinski definition) is 2. The molecule has 3 heteroatoms. The van der Waals surface area contributed by atoms with E-state index in [0.29, 0.717) is 20.2 Å². The summed E-state index contributed by atoms with van der Waals surface area (Å²) >= 11 is 0. The van der Waals surface area contributed by atoms with Crippen LogP contribution in [0.5, 0.6) is 0 Å². The van der Waals surface area contributed by atoms with Crippen molar-refractivity contribution in [3.05, 3.63) is 30.1 Å². The predicted octanol–water partition coefficient (Wildman–Crippen LogP) is 2.95. The van der Waals surface area contributed by atoms with Gasteiger partial charge >= 0.3 is 0 Å². The molecule has 1 aromatic heterocycles. The van der Waals surface area contributed by atoms with Gasteiger partial charge in [0.15, 0.2) is 5.52 Å². The predicted molar refractivity (Wildman–Crippen MR) is 61.2 cm³/mol. The molecule has 0 spiro atoms. The highest BCUT2D eigenvalue weighted by atomic mass is 31.1. The highest BCUT2D eigenvalue weighted by Crippen LogP contribution is 2.19. The summed E-state index contributed by atoms with van der Waals surface area (Å²) in [5, 5.41) is 0. The van der Waals surface area contributed by atoms with Gasteiger partial charge in [-0.2, -0.15) is 0 Å². The second-order valence-electron chi connectivity index (χ2n) is 3.65. The van der Waals surface area contributed by atoms with Crippen molar-refractivity contribution >= 4 is 14.1 Å². The van der Waals surface area contributed by atoms with Crippen LogP contribution in [-0.2, 0) is 0 Å². The average Bonchev–Trinajstić information content (AvgIpc) is 2.18. The average molecular weight is 209 g/mol. The van der Waals surface area contributed by atoms with E-state index in [1.54, 1.807) is 12.3 Å². The van der Waals surface area contributed by atoms with Crippen molar-refractivity contribution < 1.29 is 4.79 Å². The Morgan fingerprint density at radius 3 is 2.86 bits per heavy atom. The van der Waals surface area contributed by atoms with E-state index in [0.717, 1.165) is 12.6 Å². The van der Waals surface area contributed by atoms with Crippen LogP contribution in [0.25, 0.3) is 0 Å². The first-order valence-corrected chi connectivity index (χ1v) is 6.10. The van der Waals surface area contributed by atoms with Crippen LogP contribution in [-0.4, -0.2) is 16.7 Å². The van der Waals surface area contributed by atoms with E-state index in [9.17, 15) is 4.79 Å². The van der Waals surface area contributed by atoms with Gasteiger partial charge in [0.25, 0.3) is 0 Å². The third kappa shape index (κ3) is 3.97. The van der Waals surface area contributed by atoms with Crippen molar-refractivity contribution in [3.63, 3.8) is 0 Å². The molecule has 0 aliphatic rings. The Morgan fingerprint density at radius 1 is 1.50 bits per heavy atom. The molecule has 1 unspecified atom stereocenters. The zero-order valence-corrected chi connectivity index (χ0v) is 9.66. The topological polar surface area (TPSA) is 30.0 Å². The summed E-state index contributed by atoms with van der Waals surface area (Å²) in [6, 6.07) is 5.46. The van der Waals surface area contributed by atoms with Crippen LogP contribution in [0, 0.1) is 5.92 Å². The van der Waals surface area contributed by atoms with Crippen LogP contribution in [0.2, 0.25) is 0 Å². The molecule has 0 bridgehead atoms. The van der Waals surface area contributed by atoms with Gasteiger partial charge in [-0.05, 0) is 39.2 Å². The lowest BCUT2D eigenvalue weighted by Gasteiger charge is -2.03. The van der Waals surface area contributed by atoms with E-state index in [-0.39, 0.29) is 5.52 Å². The Morgan fingerprint density at radius 2 is 2.29 bits per heavy atom. The number of nitrogens with zero attached hydrogens (tertiary/aromatic N) is 1. The fourth-order valence-corrected chi connectivity index (χ4v) is 2.34. The van der Waals surface area contributed by atoms with Crippen molar-refractivity contribution in [2.75, 3.05) is 6.16 Å². The summed E-state index contributed by atoms with van der Waals surface area (Å²) in [6.07, 6.45) is 3.78. The van der Waals surface area contributed by atoms with Gasteiger partial charge in [-0.3, -0.25) is 9.78 Å². The molecule has 0 fully saturated rings. The van der Waals surface area contributed by atoms with Crippen molar-refractivity contribution in [2.45, 2.75) is 20.3 Å². The molecule has 0 amide bonds. The summed E-state index contributed by atoms with van der Waals surface area (Å²) in [5.41, 5.74) is 0.792. The van der Waals surface area contributed by atoms with Gasteiger partial charge in [0, 0.05) is 6.20 Å². The first-order chi connectivity index (χ1) is 6.70. The number of hydrogen-bond donors (Lipinski definition) is 0. The summed E-state index contributed by atoms with van der Waals surface area (Å²) < 4.78 is 0. The first kappa shape index (κ1) is 11.3. The van der Waals surface area contributed by atoms with Gasteiger partial charge < -0.3 is 0 Å². The fourth-order valence-electron chi connectivity index (χ4n) is 1.06. The molecule has 1 heterocycles. The Balaban J connectivity index is 2.36. The summed E-state index contributed by atoms with van der Waals surface area (Å²) in [6.45, 7) is 4.35. The van der Waals surface area contributed by atoms with Crippen LogP contribution >= 0.6 is 8.58 Å². The molecule has 0 aromatic carbocycles. The molecule has 0 saturated heterocycles. The minimum absolute atomic E-state index is 0.186. The number of aromatic nitrogens is 1. The number of pyridine rings is 1. The van der Waals surface area contributed by atoms with Gasteiger partial charge in [-0.15, -0.1) is 0 Å². The second kappa shape index (κ2) is 5.87. The molecule has 0 radical (unpaired) electrons. The molecule has 1 aromatic rings. The molecule has 0 aliphatic carbocycles. The van der Waals surface area contributed by atoms with Crippen LogP contribution in [0.4, 0.5) is 0 Å². The minimum Gasteiger partial charge on any atom is -0.288 e. The van der Waals surface area contributed by atoms with E-state index in [2.05, 4.69) is 18.8 Å². The third-order valence-corrected chi connectivity index (χ3v) is 3.02. The smallest absolute Gasteiger partial charge is 0.199 e. The largest absolute Gasteiger partial charge is 0.288 e. The number of carbonyl (C=O) groups is 1. The Bertz CT molecular complexity index is 285. The molecular weight excluding hydrogens is 193 g/mol. The lowest BCUT2D eigenvalue weighted by Crippen LogP contribution is -1.97. The molecule has 2 nitrogen and oxygen atoms in total. The number of rotatable bonds is 5. The molecule has 76 valence electrons. The maximum Gasteiger partial charge on any atom is 0.199 e. The van der Waals surface area contributed by atoms with E-state index >= 15 is 0 Å². The van der Waals surface area contributed by atoms with Crippen LogP contribution in [0.3, 0.4) is 0 Å². The molecule has 14 heavy (non-hydrogen) atoms. The first-order valence-electron chi connectivity index (χ1n) is 4.89. The van der Waals surface area contributed by atoms with Crippen molar-refractivity contribution in [1.82, 2.24) is 4.98 Å². The highest BCUT2D eigenvalue weighted by molar-refractivity contribution is 7.58. The summed E-state index contributed by atoms with van der Waals surface area (Å²) in [4.78, 5) is 15.6. The van der Waals surface area contributed by atoms with Gasteiger partial charge in [0.2, 0.25) is 0 Å². The van der Waals surface area contributed by atoms with E-state index in [1.807, 2.05) is 12.1 Å². The normalized spacial score (nSPS) is 11.4.